The minimum atomic E-state index is -0.916. The molecule has 3 heterocycles. The maximum Gasteiger partial charge on any atom is 0.202 e. The van der Waals surface area contributed by atoms with E-state index in [1.165, 1.54) is 5.57 Å². The zero-order valence-corrected chi connectivity index (χ0v) is 19.1. The van der Waals surface area contributed by atoms with Crippen LogP contribution < -0.4 is 0 Å². The molecule has 1 aliphatic carbocycles. The van der Waals surface area contributed by atoms with Crippen molar-refractivity contribution in [2.75, 3.05) is 0 Å². The number of ketones is 1. The van der Waals surface area contributed by atoms with Crippen LogP contribution in [0.2, 0.25) is 0 Å². The summed E-state index contributed by atoms with van der Waals surface area (Å²) in [6, 6.07) is 6.16. The molecule has 2 N–H and O–H groups in total. The summed E-state index contributed by atoms with van der Waals surface area (Å²) in [7, 11) is 0. The van der Waals surface area contributed by atoms with E-state index < -0.39 is 5.60 Å². The molecule has 3 atom stereocenters. The van der Waals surface area contributed by atoms with Gasteiger partial charge in [-0.15, -0.1) is 0 Å². The Hall–Kier alpha value is -2.50. The van der Waals surface area contributed by atoms with Gasteiger partial charge in [0.1, 0.15) is 0 Å². The van der Waals surface area contributed by atoms with Gasteiger partial charge in [-0.1, -0.05) is 44.2 Å². The summed E-state index contributed by atoms with van der Waals surface area (Å²) in [5, 5.41) is 11.6. The number of aromatic amines is 1. The second kappa shape index (κ2) is 7.82. The molecular formula is C27H32N2O3. The van der Waals surface area contributed by atoms with Crippen LogP contribution in [0.15, 0.2) is 42.6 Å². The fraction of sp³-hybridized carbons (Fsp3) is 0.481. The Morgan fingerprint density at radius 2 is 2.00 bits per heavy atom. The van der Waals surface area contributed by atoms with Crippen molar-refractivity contribution in [3.63, 3.8) is 0 Å². The molecule has 5 nitrogen and oxygen atoms in total. The molecular weight excluding hydrogens is 400 g/mol. The van der Waals surface area contributed by atoms with Gasteiger partial charge in [0.25, 0.3) is 0 Å². The van der Waals surface area contributed by atoms with Gasteiger partial charge in [-0.3, -0.25) is 4.79 Å². The highest BCUT2D eigenvalue weighted by Gasteiger charge is 2.42. The molecule has 32 heavy (non-hydrogen) atoms. The van der Waals surface area contributed by atoms with E-state index >= 15 is 0 Å². The molecule has 0 saturated carbocycles. The molecule has 1 aromatic carbocycles. The van der Waals surface area contributed by atoms with Gasteiger partial charge in [0.2, 0.25) is 5.78 Å². The molecule has 2 aliphatic heterocycles. The van der Waals surface area contributed by atoms with Gasteiger partial charge in [-0.2, -0.15) is 0 Å². The number of hydrogen-bond acceptors (Lipinski definition) is 4. The first-order valence-corrected chi connectivity index (χ1v) is 11.6. The summed E-state index contributed by atoms with van der Waals surface area (Å²) >= 11 is 0. The van der Waals surface area contributed by atoms with Gasteiger partial charge >= 0.3 is 0 Å². The maximum absolute atomic E-state index is 12.9. The second-order valence-electron chi connectivity index (χ2n) is 10.5. The predicted octanol–water partition coefficient (Wildman–Crippen LogP) is 5.04. The summed E-state index contributed by atoms with van der Waals surface area (Å²) in [4.78, 5) is 20.2. The Morgan fingerprint density at radius 1 is 1.25 bits per heavy atom. The molecule has 1 aromatic heterocycles. The number of aromatic nitrogens is 2. The third-order valence-electron chi connectivity index (χ3n) is 7.25. The van der Waals surface area contributed by atoms with Crippen molar-refractivity contribution < 1.29 is 14.6 Å². The van der Waals surface area contributed by atoms with Gasteiger partial charge in [0, 0.05) is 31.2 Å². The standard InChI is InChI=1S/C27H32N2O3/c1-17-16-28-25(29-17)24(30)12-19-4-5-20(27(31)14-21-6-7-22(15-27)32-21)13-23(19)18-8-10-26(2,3)11-9-18/h4-8,13,16,21-22,31H,9-12,14-15H2,1-3H3,(H,28,29)/t21-,22?,27?/m1/s1. The van der Waals surface area contributed by atoms with Gasteiger partial charge in [0.05, 0.1) is 17.8 Å². The molecule has 1 fully saturated rings. The smallest absolute Gasteiger partial charge is 0.202 e. The number of allylic oxidation sites excluding steroid dienone is 2. The molecule has 2 aromatic rings. The van der Waals surface area contributed by atoms with Crippen molar-refractivity contribution in [1.82, 2.24) is 9.97 Å². The summed E-state index contributed by atoms with van der Waals surface area (Å²) in [6.07, 6.45) is 12.6. The number of aryl methyl sites for hydroxylation is 1. The van der Waals surface area contributed by atoms with Crippen LogP contribution in [0.3, 0.4) is 0 Å². The largest absolute Gasteiger partial charge is 0.385 e. The van der Waals surface area contributed by atoms with E-state index in [0.29, 0.717) is 24.1 Å². The van der Waals surface area contributed by atoms with Crippen LogP contribution in [0, 0.1) is 12.3 Å². The van der Waals surface area contributed by atoms with E-state index in [4.69, 9.17) is 4.74 Å². The first-order valence-electron chi connectivity index (χ1n) is 11.6. The van der Waals surface area contributed by atoms with E-state index in [1.807, 2.05) is 19.1 Å². The van der Waals surface area contributed by atoms with E-state index in [-0.39, 0.29) is 24.4 Å². The summed E-state index contributed by atoms with van der Waals surface area (Å²) < 4.78 is 5.87. The quantitative estimate of drug-likeness (QED) is 0.513. The van der Waals surface area contributed by atoms with Crippen LogP contribution in [-0.4, -0.2) is 33.1 Å². The number of imidazole rings is 1. The van der Waals surface area contributed by atoms with Crippen molar-refractivity contribution in [2.45, 2.75) is 77.1 Å². The van der Waals surface area contributed by atoms with E-state index in [2.05, 4.69) is 48.1 Å². The van der Waals surface area contributed by atoms with Crippen LogP contribution in [0.4, 0.5) is 0 Å². The number of Topliss-reactive ketones (excluding diaryl/α,β-unsaturated/α-hetero) is 1. The fourth-order valence-corrected chi connectivity index (χ4v) is 5.23. The monoisotopic (exact) mass is 432 g/mol. The number of benzene rings is 1. The lowest BCUT2D eigenvalue weighted by molar-refractivity contribution is -0.107. The Bertz CT molecular complexity index is 1090. The molecule has 2 bridgehead atoms. The average molecular weight is 433 g/mol. The lowest BCUT2D eigenvalue weighted by atomic mass is 9.75. The van der Waals surface area contributed by atoms with Gasteiger partial charge in [-0.05, 0) is 59.9 Å². The van der Waals surface area contributed by atoms with E-state index in [0.717, 1.165) is 41.6 Å². The Balaban J connectivity index is 1.50. The van der Waals surface area contributed by atoms with Crippen LogP contribution in [0.5, 0.6) is 0 Å². The molecule has 3 aliphatic rings. The highest BCUT2D eigenvalue weighted by molar-refractivity contribution is 5.95. The molecule has 2 unspecified atom stereocenters. The number of H-pyrrole nitrogens is 1. The van der Waals surface area contributed by atoms with Gasteiger partial charge in [-0.25, -0.2) is 4.98 Å². The lowest BCUT2D eigenvalue weighted by Crippen LogP contribution is -2.39. The van der Waals surface area contributed by atoms with Crippen molar-refractivity contribution in [3.8, 4) is 0 Å². The zero-order chi connectivity index (χ0) is 22.5. The first-order chi connectivity index (χ1) is 15.2. The highest BCUT2D eigenvalue weighted by atomic mass is 16.5. The third-order valence-corrected chi connectivity index (χ3v) is 7.25. The minimum Gasteiger partial charge on any atom is -0.385 e. The summed E-state index contributed by atoms with van der Waals surface area (Å²) in [6.45, 7) is 6.50. The number of fused-ring (bicyclic) bond motifs is 2. The normalized spacial score (nSPS) is 28.6. The highest BCUT2D eigenvalue weighted by Crippen LogP contribution is 2.44. The molecule has 168 valence electrons. The number of ether oxygens (including phenoxy) is 1. The second-order valence-corrected chi connectivity index (χ2v) is 10.5. The Morgan fingerprint density at radius 3 is 2.62 bits per heavy atom. The van der Waals surface area contributed by atoms with Crippen LogP contribution in [-0.2, 0) is 16.8 Å². The van der Waals surface area contributed by atoms with Crippen molar-refractivity contribution >= 4 is 11.4 Å². The predicted molar refractivity (Wildman–Crippen MR) is 124 cm³/mol. The maximum atomic E-state index is 12.9. The number of carbonyl (C=O) groups is 1. The van der Waals surface area contributed by atoms with Crippen molar-refractivity contribution in [2.24, 2.45) is 5.41 Å². The van der Waals surface area contributed by atoms with Crippen LogP contribution in [0.25, 0.3) is 5.57 Å². The molecule has 0 spiro atoms. The fourth-order valence-electron chi connectivity index (χ4n) is 5.23. The van der Waals surface area contributed by atoms with Crippen LogP contribution in [0.1, 0.15) is 79.0 Å². The summed E-state index contributed by atoms with van der Waals surface area (Å²) in [5.74, 6) is 0.387. The topological polar surface area (TPSA) is 75.2 Å². The lowest BCUT2D eigenvalue weighted by Gasteiger charge is -2.37. The zero-order valence-electron chi connectivity index (χ0n) is 19.1. The first kappa shape index (κ1) is 21.4. The number of hydrogen-bond donors (Lipinski definition) is 2. The summed E-state index contributed by atoms with van der Waals surface area (Å²) in [5.41, 5.74) is 4.55. The molecule has 0 amide bonds. The molecule has 1 saturated heterocycles. The molecule has 0 radical (unpaired) electrons. The van der Waals surface area contributed by atoms with Crippen molar-refractivity contribution in [1.29, 1.82) is 0 Å². The number of aliphatic hydroxyl groups is 1. The number of carbonyl (C=O) groups excluding carboxylic acids is 1. The van der Waals surface area contributed by atoms with E-state index in [9.17, 15) is 9.90 Å². The van der Waals surface area contributed by atoms with Crippen LogP contribution >= 0.6 is 0 Å². The minimum absolute atomic E-state index is 0.0177. The van der Waals surface area contributed by atoms with Crippen molar-refractivity contribution in [3.05, 3.63) is 70.8 Å². The average Bonchev–Trinajstić information content (AvgIpc) is 3.33. The molecule has 5 heteroatoms. The number of nitrogens with one attached hydrogen (secondary N) is 1. The SMILES string of the molecule is Cc1cnc(C(=O)Cc2ccc(C3(O)CC4C=C[C@H](C3)O4)cc2C2=CCC(C)(C)CC2)[nH]1. The van der Waals surface area contributed by atoms with Gasteiger partial charge in [0.15, 0.2) is 5.82 Å². The molecule has 5 rings (SSSR count). The van der Waals surface area contributed by atoms with Gasteiger partial charge < -0.3 is 14.8 Å². The number of rotatable bonds is 5. The Kier molecular flexibility index (Phi) is 5.22. The third kappa shape index (κ3) is 4.12. The van der Waals surface area contributed by atoms with E-state index in [1.54, 1.807) is 6.20 Å². The Labute approximate surface area is 189 Å². The number of nitrogens with zero attached hydrogens (tertiary/aromatic N) is 1.